The van der Waals surface area contributed by atoms with E-state index in [0.717, 1.165) is 16.0 Å². The molecule has 194 valence electrons. The number of amides is 4. The third kappa shape index (κ3) is 3.71. The van der Waals surface area contributed by atoms with Gasteiger partial charge in [-0.2, -0.15) is 0 Å². The number of nitrogens with one attached hydrogen (secondary N) is 2. The summed E-state index contributed by atoms with van der Waals surface area (Å²) >= 11 is 0. The first-order chi connectivity index (χ1) is 18.7. The minimum absolute atomic E-state index is 0.00941. The molecule has 1 atom stereocenters. The molecule has 3 aromatic heterocycles. The third-order valence-electron chi connectivity index (χ3n) is 6.61. The van der Waals surface area contributed by atoms with Crippen molar-refractivity contribution in [3.63, 3.8) is 0 Å². The molecule has 0 radical (unpaired) electrons. The molecular weight excluding hydrogens is 507 g/mol. The van der Waals surface area contributed by atoms with Gasteiger partial charge >= 0.3 is 6.03 Å². The highest BCUT2D eigenvalue weighted by Gasteiger charge is 2.50. The van der Waals surface area contributed by atoms with Crippen LogP contribution in [0.3, 0.4) is 0 Å². The fourth-order valence-corrected chi connectivity index (χ4v) is 4.62. The molecule has 0 aliphatic carbocycles. The van der Waals surface area contributed by atoms with Crippen LogP contribution in [-0.2, 0) is 16.9 Å². The Hall–Kier alpha value is -5.44. The number of pyridine rings is 2. The summed E-state index contributed by atoms with van der Waals surface area (Å²) in [5, 5.41) is 4.66. The Morgan fingerprint density at radius 3 is 2.72 bits per heavy atom. The number of aryl methyl sites for hydroxylation is 1. The van der Waals surface area contributed by atoms with Crippen LogP contribution < -0.4 is 21.1 Å². The van der Waals surface area contributed by atoms with E-state index < -0.39 is 29.2 Å². The summed E-state index contributed by atoms with van der Waals surface area (Å²) in [5.74, 6) is 0.687. The molecule has 4 aromatic rings. The van der Waals surface area contributed by atoms with E-state index in [9.17, 15) is 18.8 Å². The van der Waals surface area contributed by atoms with Crippen molar-refractivity contribution in [3.8, 4) is 28.8 Å². The highest BCUT2D eigenvalue weighted by Crippen LogP contribution is 2.34. The maximum absolute atomic E-state index is 14.7. The van der Waals surface area contributed by atoms with E-state index in [1.165, 1.54) is 19.2 Å². The maximum atomic E-state index is 14.7. The van der Waals surface area contributed by atoms with Crippen LogP contribution in [-0.4, -0.2) is 39.8 Å². The second-order valence-electron chi connectivity index (χ2n) is 8.99. The number of anilines is 1. The van der Waals surface area contributed by atoms with Crippen molar-refractivity contribution in [1.29, 1.82) is 0 Å². The van der Waals surface area contributed by atoms with Crippen LogP contribution in [0.4, 0.5) is 15.0 Å². The number of carbonyl (C=O) groups is 3. The maximum Gasteiger partial charge on any atom is 0.323 e. The van der Waals surface area contributed by atoms with E-state index in [0.29, 0.717) is 28.2 Å². The Bertz CT molecular complexity index is 1790. The molecule has 1 unspecified atom stereocenters. The number of carbonyl (C=O) groups excluding carboxylic acids is 3. The van der Waals surface area contributed by atoms with E-state index in [2.05, 4.69) is 32.6 Å². The van der Waals surface area contributed by atoms with Crippen LogP contribution >= 0.6 is 0 Å². The highest BCUT2D eigenvalue weighted by atomic mass is 19.1. The quantitative estimate of drug-likeness (QED) is 0.272. The van der Waals surface area contributed by atoms with Gasteiger partial charge in [-0.25, -0.2) is 19.2 Å². The second-order valence-corrected chi connectivity index (χ2v) is 8.99. The summed E-state index contributed by atoms with van der Waals surface area (Å²) in [7, 11) is 1.30. The molecule has 4 amide bonds. The number of halogens is 1. The number of furan rings is 1. The molecule has 0 spiro atoms. The molecule has 5 heterocycles. The lowest BCUT2D eigenvalue weighted by Gasteiger charge is -2.17. The summed E-state index contributed by atoms with van der Waals surface area (Å²) in [4.78, 5) is 47.9. The Morgan fingerprint density at radius 1 is 1.21 bits per heavy atom. The van der Waals surface area contributed by atoms with Crippen LogP contribution in [0.15, 0.2) is 47.0 Å². The van der Waals surface area contributed by atoms with Gasteiger partial charge < -0.3 is 20.2 Å². The van der Waals surface area contributed by atoms with Crippen molar-refractivity contribution in [1.82, 2.24) is 25.5 Å². The molecule has 39 heavy (non-hydrogen) atoms. The monoisotopic (exact) mass is 526 g/mol. The van der Waals surface area contributed by atoms with Gasteiger partial charge in [-0.3, -0.25) is 19.8 Å². The summed E-state index contributed by atoms with van der Waals surface area (Å²) < 4.78 is 25.7. The molecule has 1 saturated heterocycles. The lowest BCUT2D eigenvalue weighted by Crippen LogP contribution is -2.42. The number of methoxy groups -OCH3 is 1. The molecule has 6 rings (SSSR count). The van der Waals surface area contributed by atoms with Gasteiger partial charge in [0.05, 0.1) is 19.2 Å². The lowest BCUT2D eigenvalue weighted by atomic mass is 9.97. The van der Waals surface area contributed by atoms with Gasteiger partial charge in [0, 0.05) is 35.1 Å². The fourth-order valence-electron chi connectivity index (χ4n) is 4.62. The number of fused-ring (bicyclic) bond motifs is 2. The molecular formula is C27H19FN6O5. The number of hydrogen-bond donors (Lipinski definition) is 3. The van der Waals surface area contributed by atoms with E-state index in [-0.39, 0.29) is 23.6 Å². The Morgan fingerprint density at radius 2 is 2.03 bits per heavy atom. The van der Waals surface area contributed by atoms with Gasteiger partial charge in [0.2, 0.25) is 5.54 Å². The zero-order valence-electron chi connectivity index (χ0n) is 20.6. The standard InChI is InChI=1S/C27H19FN6O5/c1-13-16(14-4-6-21(29)30-11-14)9-19-17(31-13)10-20(39-19)27(25(36)32-26(37)33-27)7-8-34-12-15-3-5-18(38-2)23(28)22(15)24(34)35/h3-6,9-11H,12H2,1-2H3,(H2,29,30)(H2,32,33,36,37). The topological polar surface area (TPSA) is 153 Å². The Kier molecular flexibility index (Phi) is 5.25. The number of ether oxygens (including phenoxy) is 1. The number of nitrogen functional groups attached to an aromatic ring is 1. The van der Waals surface area contributed by atoms with E-state index in [1.54, 1.807) is 30.5 Å². The van der Waals surface area contributed by atoms with Gasteiger partial charge in [0.25, 0.3) is 11.8 Å². The van der Waals surface area contributed by atoms with Crippen LogP contribution in [0.5, 0.6) is 5.75 Å². The SMILES string of the molecule is COc1ccc2c(c1F)C(=O)N(C#CC1(c3cc4nc(C)c(-c5ccc(N)nc5)cc4o3)NC(=O)NC1=O)C2. The van der Waals surface area contributed by atoms with Gasteiger partial charge in [0.15, 0.2) is 22.9 Å². The van der Waals surface area contributed by atoms with Crippen molar-refractivity contribution in [2.24, 2.45) is 0 Å². The molecule has 11 nitrogen and oxygen atoms in total. The summed E-state index contributed by atoms with van der Waals surface area (Å²) in [6.07, 6.45) is 1.61. The van der Waals surface area contributed by atoms with Crippen molar-refractivity contribution in [3.05, 3.63) is 71.0 Å². The number of aromatic nitrogens is 2. The van der Waals surface area contributed by atoms with Crippen LogP contribution in [0.25, 0.3) is 22.2 Å². The van der Waals surface area contributed by atoms with E-state index >= 15 is 0 Å². The van der Waals surface area contributed by atoms with Crippen LogP contribution in [0.1, 0.15) is 27.4 Å². The fraction of sp³-hybridized carbons (Fsp3) is 0.148. The minimum Gasteiger partial charge on any atom is -0.494 e. The van der Waals surface area contributed by atoms with Crippen molar-refractivity contribution in [2.75, 3.05) is 12.8 Å². The Labute approximate surface area is 220 Å². The summed E-state index contributed by atoms with van der Waals surface area (Å²) in [6.45, 7) is 1.79. The molecule has 4 N–H and O–H groups in total. The molecule has 0 bridgehead atoms. The average molecular weight is 526 g/mol. The van der Waals surface area contributed by atoms with Gasteiger partial charge in [-0.1, -0.05) is 6.07 Å². The number of nitrogens with two attached hydrogens (primary N) is 1. The number of rotatable bonds is 3. The number of benzene rings is 1. The van der Waals surface area contributed by atoms with Crippen LogP contribution in [0, 0.1) is 24.7 Å². The lowest BCUT2D eigenvalue weighted by molar-refractivity contribution is -0.122. The van der Waals surface area contributed by atoms with E-state index in [1.807, 2.05) is 6.92 Å². The predicted octanol–water partition coefficient (Wildman–Crippen LogP) is 2.58. The molecule has 2 aliphatic rings. The van der Waals surface area contributed by atoms with Crippen molar-refractivity contribution >= 4 is 34.8 Å². The first kappa shape index (κ1) is 23.9. The zero-order valence-corrected chi connectivity index (χ0v) is 20.6. The number of nitrogens with zero attached hydrogens (tertiary/aromatic N) is 3. The molecule has 1 aromatic carbocycles. The average Bonchev–Trinajstić information content (AvgIpc) is 3.56. The van der Waals surface area contributed by atoms with Gasteiger partial charge in [-0.15, -0.1) is 0 Å². The van der Waals surface area contributed by atoms with Crippen molar-refractivity contribution in [2.45, 2.75) is 19.0 Å². The minimum atomic E-state index is -1.96. The molecule has 2 aliphatic heterocycles. The second kappa shape index (κ2) is 8.56. The number of imide groups is 1. The summed E-state index contributed by atoms with van der Waals surface area (Å²) in [6, 6.07) is 11.5. The normalized spacial score (nSPS) is 18.0. The van der Waals surface area contributed by atoms with Crippen molar-refractivity contribution < 1.29 is 27.9 Å². The first-order valence-corrected chi connectivity index (χ1v) is 11.7. The Balaban J connectivity index is 1.41. The molecule has 0 saturated carbocycles. The number of urea groups is 1. The van der Waals surface area contributed by atoms with Gasteiger partial charge in [-0.05, 0) is 42.7 Å². The zero-order chi connectivity index (χ0) is 27.5. The molecule has 12 heteroatoms. The highest BCUT2D eigenvalue weighted by molar-refractivity contribution is 6.09. The first-order valence-electron chi connectivity index (χ1n) is 11.7. The van der Waals surface area contributed by atoms with Gasteiger partial charge in [0.1, 0.15) is 11.3 Å². The van der Waals surface area contributed by atoms with E-state index in [4.69, 9.17) is 14.9 Å². The third-order valence-corrected chi connectivity index (χ3v) is 6.61. The van der Waals surface area contributed by atoms with Crippen LogP contribution in [0.2, 0.25) is 0 Å². The smallest absolute Gasteiger partial charge is 0.323 e. The predicted molar refractivity (Wildman–Crippen MR) is 135 cm³/mol. The summed E-state index contributed by atoms with van der Waals surface area (Å²) in [5.41, 5.74) is 6.89. The number of hydrogen-bond acceptors (Lipinski definition) is 8. The largest absolute Gasteiger partial charge is 0.494 e. The molecule has 1 fully saturated rings.